The molecule has 2 unspecified atom stereocenters. The second-order valence-corrected chi connectivity index (χ2v) is 2.07. The molecule has 0 radical (unpaired) electrons. The number of rotatable bonds is 0. The van der Waals surface area contributed by atoms with E-state index in [1.54, 1.807) is 0 Å². The van der Waals surface area contributed by atoms with E-state index in [2.05, 4.69) is 9.31 Å². The molecule has 0 aromatic carbocycles. The minimum absolute atomic E-state index is 0. The number of carbonyl (C=O) groups excluding carboxylic acids is 2. The van der Waals surface area contributed by atoms with Gasteiger partial charge in [-0.25, -0.2) is 0 Å². The topological polar surface area (TPSA) is 113 Å². The molecular formula is C4H6BIO7. The number of aliphatic hydroxyl groups is 2. The standard InChI is InChI=1S/C4H5BO7.HI/c6-1-2(7)4(9)12-5(10)11-3(1)8;/h1-2,6-7,10H;1H. The van der Waals surface area contributed by atoms with Crippen molar-refractivity contribution < 1.29 is 34.1 Å². The number of hydrogen-bond acceptors (Lipinski definition) is 7. The van der Waals surface area contributed by atoms with Crippen LogP contribution in [0.3, 0.4) is 0 Å². The van der Waals surface area contributed by atoms with Gasteiger partial charge in [-0.2, -0.15) is 0 Å². The number of carbonyl (C=O) groups is 2. The fourth-order valence-corrected chi connectivity index (χ4v) is 0.620. The molecule has 0 amide bonds. The summed E-state index contributed by atoms with van der Waals surface area (Å²) in [5.41, 5.74) is 0. The molecule has 1 saturated heterocycles. The highest BCUT2D eigenvalue weighted by atomic mass is 127. The monoisotopic (exact) mass is 304 g/mol. The summed E-state index contributed by atoms with van der Waals surface area (Å²) >= 11 is 0. The Labute approximate surface area is 89.8 Å². The van der Waals surface area contributed by atoms with Gasteiger partial charge in [-0.05, 0) is 0 Å². The Morgan fingerprint density at radius 2 is 1.38 bits per heavy atom. The highest BCUT2D eigenvalue weighted by molar-refractivity contribution is 14.0. The summed E-state index contributed by atoms with van der Waals surface area (Å²) in [5, 5.41) is 26.1. The van der Waals surface area contributed by atoms with E-state index in [-0.39, 0.29) is 24.0 Å². The highest BCUT2D eigenvalue weighted by Gasteiger charge is 2.42. The minimum Gasteiger partial charge on any atom is -0.472 e. The van der Waals surface area contributed by atoms with Crippen LogP contribution >= 0.6 is 24.0 Å². The van der Waals surface area contributed by atoms with Gasteiger partial charge in [0.25, 0.3) is 0 Å². The normalized spacial score (nSPS) is 28.4. The molecular weight excluding hydrogens is 298 g/mol. The quantitative estimate of drug-likeness (QED) is 0.332. The summed E-state index contributed by atoms with van der Waals surface area (Å²) in [6, 6.07) is 0. The van der Waals surface area contributed by atoms with Crippen LogP contribution in [0.2, 0.25) is 0 Å². The van der Waals surface area contributed by atoms with Crippen molar-refractivity contribution in [3.63, 3.8) is 0 Å². The first-order valence-corrected chi connectivity index (χ1v) is 2.97. The molecule has 9 heteroatoms. The third-order valence-corrected chi connectivity index (χ3v) is 1.22. The molecule has 0 saturated carbocycles. The fraction of sp³-hybridized carbons (Fsp3) is 0.500. The maximum atomic E-state index is 10.6. The zero-order valence-electron chi connectivity index (χ0n) is 6.11. The van der Waals surface area contributed by atoms with E-state index < -0.39 is 31.5 Å². The molecule has 1 fully saturated rings. The molecule has 13 heavy (non-hydrogen) atoms. The van der Waals surface area contributed by atoms with Gasteiger partial charge in [0.15, 0.2) is 12.2 Å². The van der Waals surface area contributed by atoms with Crippen molar-refractivity contribution >= 4 is 43.2 Å². The predicted octanol–water partition coefficient (Wildman–Crippen LogP) is -2.60. The van der Waals surface area contributed by atoms with Crippen LogP contribution in [0.5, 0.6) is 0 Å². The van der Waals surface area contributed by atoms with Crippen molar-refractivity contribution in [2.75, 3.05) is 0 Å². The average molecular weight is 304 g/mol. The summed E-state index contributed by atoms with van der Waals surface area (Å²) in [4.78, 5) is 21.1. The van der Waals surface area contributed by atoms with Gasteiger partial charge in [0.05, 0.1) is 0 Å². The van der Waals surface area contributed by atoms with Gasteiger partial charge in [0.1, 0.15) is 0 Å². The van der Waals surface area contributed by atoms with Crippen LogP contribution in [-0.4, -0.2) is 46.7 Å². The van der Waals surface area contributed by atoms with E-state index in [1.165, 1.54) is 0 Å². The van der Waals surface area contributed by atoms with Gasteiger partial charge in [-0.1, -0.05) is 0 Å². The first kappa shape index (κ1) is 12.6. The summed E-state index contributed by atoms with van der Waals surface area (Å²) in [7, 11) is -2.07. The lowest BCUT2D eigenvalue weighted by Crippen LogP contribution is -2.38. The molecule has 2 atom stereocenters. The Hall–Kier alpha value is -0.385. The predicted molar refractivity (Wildman–Crippen MR) is 47.6 cm³/mol. The zero-order chi connectivity index (χ0) is 9.30. The van der Waals surface area contributed by atoms with Crippen LogP contribution in [0, 0.1) is 0 Å². The van der Waals surface area contributed by atoms with E-state index >= 15 is 0 Å². The van der Waals surface area contributed by atoms with E-state index in [9.17, 15) is 9.59 Å². The minimum atomic E-state index is -2.07. The molecule has 1 aliphatic heterocycles. The zero-order valence-corrected chi connectivity index (χ0v) is 8.45. The lowest BCUT2D eigenvalue weighted by atomic mass is 10.2. The van der Waals surface area contributed by atoms with Crippen LogP contribution < -0.4 is 0 Å². The second kappa shape index (κ2) is 4.74. The Morgan fingerprint density at radius 1 is 1.08 bits per heavy atom. The van der Waals surface area contributed by atoms with Crippen molar-refractivity contribution in [1.29, 1.82) is 0 Å². The first-order valence-electron chi connectivity index (χ1n) is 2.97. The second-order valence-electron chi connectivity index (χ2n) is 2.07. The van der Waals surface area contributed by atoms with Gasteiger partial charge in [0.2, 0.25) is 0 Å². The molecule has 0 aromatic heterocycles. The maximum Gasteiger partial charge on any atom is 0.789 e. The molecule has 3 N–H and O–H groups in total. The van der Waals surface area contributed by atoms with Gasteiger partial charge >= 0.3 is 19.3 Å². The summed E-state index contributed by atoms with van der Waals surface area (Å²) < 4.78 is 7.86. The molecule has 74 valence electrons. The molecule has 0 spiro atoms. The SMILES string of the molecule is I.O=C1OB(O)OC(=O)C(O)C1O. The Kier molecular flexibility index (Phi) is 4.60. The van der Waals surface area contributed by atoms with Crippen LogP contribution in [0.15, 0.2) is 0 Å². The van der Waals surface area contributed by atoms with Gasteiger partial charge in [-0.3, -0.25) is 9.59 Å². The summed E-state index contributed by atoms with van der Waals surface area (Å²) in [6.07, 6.45) is -4.04. The van der Waals surface area contributed by atoms with E-state index in [0.717, 1.165) is 0 Å². The van der Waals surface area contributed by atoms with E-state index in [0.29, 0.717) is 0 Å². The molecule has 0 aliphatic carbocycles. The Bertz CT molecular complexity index is 199. The Morgan fingerprint density at radius 3 is 1.69 bits per heavy atom. The number of hydrogen-bond donors (Lipinski definition) is 3. The van der Waals surface area contributed by atoms with Gasteiger partial charge in [-0.15, -0.1) is 24.0 Å². The van der Waals surface area contributed by atoms with Crippen LogP contribution in [-0.2, 0) is 18.9 Å². The first-order chi connectivity index (χ1) is 5.52. The molecule has 7 nitrogen and oxygen atoms in total. The van der Waals surface area contributed by atoms with Crippen LogP contribution in [0.25, 0.3) is 0 Å². The summed E-state index contributed by atoms with van der Waals surface area (Å²) in [6.45, 7) is 0. The molecule has 0 aromatic rings. The van der Waals surface area contributed by atoms with Crippen molar-refractivity contribution in [2.24, 2.45) is 0 Å². The van der Waals surface area contributed by atoms with Gasteiger partial charge < -0.3 is 24.5 Å². The van der Waals surface area contributed by atoms with E-state index in [4.69, 9.17) is 15.2 Å². The third-order valence-electron chi connectivity index (χ3n) is 1.22. The average Bonchev–Trinajstić information content (AvgIpc) is 2.05. The Balaban J connectivity index is 0.00000144. The molecule has 0 bridgehead atoms. The van der Waals surface area contributed by atoms with Crippen molar-refractivity contribution in [2.45, 2.75) is 12.2 Å². The number of halogens is 1. The van der Waals surface area contributed by atoms with Gasteiger partial charge in [0, 0.05) is 0 Å². The lowest BCUT2D eigenvalue weighted by Gasteiger charge is -2.07. The maximum absolute atomic E-state index is 10.6. The fourth-order valence-electron chi connectivity index (χ4n) is 0.620. The van der Waals surface area contributed by atoms with E-state index in [1.807, 2.05) is 0 Å². The largest absolute Gasteiger partial charge is 0.789 e. The highest BCUT2D eigenvalue weighted by Crippen LogP contribution is 2.06. The third kappa shape index (κ3) is 2.79. The van der Waals surface area contributed by atoms with Crippen LogP contribution in [0.4, 0.5) is 0 Å². The molecule has 1 aliphatic rings. The van der Waals surface area contributed by atoms with Crippen molar-refractivity contribution in [3.8, 4) is 0 Å². The molecule has 1 rings (SSSR count). The number of aliphatic hydroxyl groups excluding tert-OH is 2. The lowest BCUT2D eigenvalue weighted by molar-refractivity contribution is -0.156. The van der Waals surface area contributed by atoms with Crippen molar-refractivity contribution in [3.05, 3.63) is 0 Å². The summed E-state index contributed by atoms with van der Waals surface area (Å²) in [5.74, 6) is -2.64. The van der Waals surface area contributed by atoms with Crippen molar-refractivity contribution in [1.82, 2.24) is 0 Å². The van der Waals surface area contributed by atoms with Crippen LogP contribution in [0.1, 0.15) is 0 Å². The molecule has 1 heterocycles. The smallest absolute Gasteiger partial charge is 0.472 e.